The van der Waals surface area contributed by atoms with Gasteiger partial charge in [0.05, 0.1) is 0 Å². The molecule has 5 nitrogen and oxygen atoms in total. The van der Waals surface area contributed by atoms with Gasteiger partial charge in [-0.2, -0.15) is 0 Å². The van der Waals surface area contributed by atoms with Gasteiger partial charge in [-0.15, -0.1) is 0 Å². The molecular weight excluding hydrogens is 352 g/mol. The summed E-state index contributed by atoms with van der Waals surface area (Å²) in [5.41, 5.74) is 2.13. The number of likely N-dealkylation sites (N-methyl/N-ethyl adjacent to an activating group) is 1. The molecule has 28 heavy (non-hydrogen) atoms. The first-order chi connectivity index (χ1) is 13.1. The van der Waals surface area contributed by atoms with Gasteiger partial charge >= 0.3 is 5.97 Å². The molecule has 0 aliphatic carbocycles. The van der Waals surface area contributed by atoms with Crippen molar-refractivity contribution in [2.24, 2.45) is 0 Å². The highest BCUT2D eigenvalue weighted by molar-refractivity contribution is 5.76. The van der Waals surface area contributed by atoms with Crippen LogP contribution in [0.2, 0.25) is 0 Å². The summed E-state index contributed by atoms with van der Waals surface area (Å²) in [5.74, 6) is 0.136. The van der Waals surface area contributed by atoms with Gasteiger partial charge in [0, 0.05) is 39.0 Å². The number of allylic oxidation sites excluding steroid dienone is 4. The molecule has 0 unspecified atom stereocenters. The van der Waals surface area contributed by atoms with Gasteiger partial charge in [0.1, 0.15) is 5.60 Å². The van der Waals surface area contributed by atoms with Crippen LogP contribution in [0.3, 0.4) is 0 Å². The van der Waals surface area contributed by atoms with E-state index < -0.39 is 5.60 Å². The number of carbonyl (C=O) groups is 2. The molecule has 0 bridgehead atoms. The van der Waals surface area contributed by atoms with Crippen molar-refractivity contribution in [3.05, 3.63) is 23.3 Å². The Morgan fingerprint density at radius 2 is 1.39 bits per heavy atom. The summed E-state index contributed by atoms with van der Waals surface area (Å²) < 4.78 is 5.33. The Morgan fingerprint density at radius 3 is 1.96 bits per heavy atom. The van der Waals surface area contributed by atoms with Gasteiger partial charge in [-0.3, -0.25) is 9.59 Å². The van der Waals surface area contributed by atoms with E-state index in [1.807, 2.05) is 25.7 Å². The summed E-state index contributed by atoms with van der Waals surface area (Å²) in [6.07, 6.45) is 8.96. The quantitative estimate of drug-likeness (QED) is 0.433. The number of hydrogen-bond acceptors (Lipinski definition) is 4. The van der Waals surface area contributed by atoms with Gasteiger partial charge in [0.15, 0.2) is 0 Å². The fourth-order valence-corrected chi connectivity index (χ4v) is 3.10. The van der Waals surface area contributed by atoms with Crippen LogP contribution in [0.25, 0.3) is 0 Å². The molecule has 0 aromatic heterocycles. The lowest BCUT2D eigenvalue weighted by atomic mass is 10.1. The fourth-order valence-electron chi connectivity index (χ4n) is 3.10. The lowest BCUT2D eigenvalue weighted by Gasteiger charge is -2.32. The van der Waals surface area contributed by atoms with Gasteiger partial charge in [-0.25, -0.2) is 0 Å². The minimum absolute atomic E-state index is 0.138. The molecule has 5 heteroatoms. The van der Waals surface area contributed by atoms with Crippen molar-refractivity contribution in [3.8, 4) is 0 Å². The number of nitrogens with zero attached hydrogens (tertiary/aromatic N) is 2. The van der Waals surface area contributed by atoms with E-state index in [0.29, 0.717) is 12.8 Å². The second-order valence-electron chi connectivity index (χ2n) is 8.95. The first-order valence-corrected chi connectivity index (χ1v) is 10.6. The molecule has 1 aliphatic heterocycles. The summed E-state index contributed by atoms with van der Waals surface area (Å²) in [5, 5.41) is 0. The number of ether oxygens (including phenoxy) is 1. The third-order valence-electron chi connectivity index (χ3n) is 4.88. The van der Waals surface area contributed by atoms with E-state index in [0.717, 1.165) is 51.9 Å². The van der Waals surface area contributed by atoms with Crippen LogP contribution in [0.4, 0.5) is 0 Å². The van der Waals surface area contributed by atoms with E-state index in [1.165, 1.54) is 11.1 Å². The molecular formula is C23H40N2O3. The summed E-state index contributed by atoms with van der Waals surface area (Å²) in [6, 6.07) is 0. The van der Waals surface area contributed by atoms with E-state index in [4.69, 9.17) is 4.74 Å². The summed E-state index contributed by atoms with van der Waals surface area (Å²) in [6.45, 7) is 13.5. The van der Waals surface area contributed by atoms with E-state index in [-0.39, 0.29) is 11.9 Å². The maximum absolute atomic E-state index is 12.2. The molecule has 0 saturated carbocycles. The second-order valence-corrected chi connectivity index (χ2v) is 8.95. The Kier molecular flexibility index (Phi) is 10.5. The van der Waals surface area contributed by atoms with Crippen molar-refractivity contribution >= 4 is 11.9 Å². The average Bonchev–Trinajstić information content (AvgIpc) is 2.59. The van der Waals surface area contributed by atoms with Crippen molar-refractivity contribution in [2.75, 3.05) is 33.2 Å². The Hall–Kier alpha value is -1.62. The molecule has 160 valence electrons. The molecule has 1 fully saturated rings. The number of hydrogen-bond donors (Lipinski definition) is 0. The molecule has 1 saturated heterocycles. The highest BCUT2D eigenvalue weighted by Crippen LogP contribution is 2.14. The largest absolute Gasteiger partial charge is 0.460 e. The molecule has 0 atom stereocenters. The molecule has 0 radical (unpaired) electrons. The lowest BCUT2D eigenvalue weighted by Crippen LogP contribution is -2.47. The third-order valence-corrected chi connectivity index (χ3v) is 4.88. The third kappa shape index (κ3) is 11.3. The van der Waals surface area contributed by atoms with Gasteiger partial charge < -0.3 is 14.5 Å². The van der Waals surface area contributed by atoms with E-state index in [2.05, 4.69) is 37.9 Å². The zero-order chi connectivity index (χ0) is 21.2. The molecule has 0 aromatic rings. The lowest BCUT2D eigenvalue weighted by molar-refractivity contribution is -0.154. The molecule has 0 spiro atoms. The number of carbonyl (C=O) groups excluding carboxylic acids is 2. The number of esters is 1. The van der Waals surface area contributed by atoms with Gasteiger partial charge in [0.2, 0.25) is 5.91 Å². The van der Waals surface area contributed by atoms with Crippen molar-refractivity contribution in [3.63, 3.8) is 0 Å². The zero-order valence-electron chi connectivity index (χ0n) is 18.8. The summed E-state index contributed by atoms with van der Waals surface area (Å²) in [7, 11) is 2.10. The van der Waals surface area contributed by atoms with Crippen molar-refractivity contribution in [2.45, 2.75) is 78.7 Å². The standard InChI is InChI=1S/C23H40N2O3/c1-19(11-8-12-21(26)25-17-15-24(6)16-18-25)9-7-10-20(2)13-14-22(27)28-23(3,4)5/h10-11H,7-9,12-18H2,1-6H3/b19-11-,20-10-. The first kappa shape index (κ1) is 24.4. The van der Waals surface area contributed by atoms with Gasteiger partial charge in [0.25, 0.3) is 0 Å². The van der Waals surface area contributed by atoms with Gasteiger partial charge in [-0.1, -0.05) is 23.3 Å². The molecule has 1 rings (SSSR count). The van der Waals surface area contributed by atoms with Gasteiger partial charge in [-0.05, 0) is 67.3 Å². The SMILES string of the molecule is C/C(=C/CCC(=O)N1CCN(C)CC1)CC/C=C(/C)CCC(=O)OC(C)(C)C. The smallest absolute Gasteiger partial charge is 0.306 e. The predicted octanol–water partition coefficient (Wildman–Crippen LogP) is 4.34. The van der Waals surface area contributed by atoms with Crippen LogP contribution >= 0.6 is 0 Å². The van der Waals surface area contributed by atoms with Crippen LogP contribution < -0.4 is 0 Å². The van der Waals surface area contributed by atoms with Crippen LogP contribution in [-0.4, -0.2) is 60.5 Å². The Bertz CT molecular complexity index is 565. The highest BCUT2D eigenvalue weighted by atomic mass is 16.6. The molecule has 1 aliphatic rings. The highest BCUT2D eigenvalue weighted by Gasteiger charge is 2.18. The Morgan fingerprint density at radius 1 is 0.857 bits per heavy atom. The van der Waals surface area contributed by atoms with Crippen LogP contribution in [-0.2, 0) is 14.3 Å². The fraction of sp³-hybridized carbons (Fsp3) is 0.739. The number of rotatable bonds is 9. The normalized spacial score (nSPS) is 17.0. The van der Waals surface area contributed by atoms with E-state index in [9.17, 15) is 9.59 Å². The van der Waals surface area contributed by atoms with E-state index >= 15 is 0 Å². The van der Waals surface area contributed by atoms with Crippen LogP contribution in [0.1, 0.15) is 73.1 Å². The zero-order valence-corrected chi connectivity index (χ0v) is 18.8. The van der Waals surface area contributed by atoms with Crippen LogP contribution in [0, 0.1) is 0 Å². The Labute approximate surface area is 171 Å². The van der Waals surface area contributed by atoms with Crippen LogP contribution in [0.5, 0.6) is 0 Å². The Balaban J connectivity index is 2.22. The monoisotopic (exact) mass is 392 g/mol. The minimum Gasteiger partial charge on any atom is -0.460 e. The molecule has 0 aromatic carbocycles. The first-order valence-electron chi connectivity index (χ1n) is 10.6. The maximum Gasteiger partial charge on any atom is 0.306 e. The molecule has 0 N–H and O–H groups in total. The van der Waals surface area contributed by atoms with Crippen molar-refractivity contribution < 1.29 is 14.3 Å². The van der Waals surface area contributed by atoms with E-state index in [1.54, 1.807) is 0 Å². The average molecular weight is 393 g/mol. The van der Waals surface area contributed by atoms with Crippen LogP contribution in [0.15, 0.2) is 23.3 Å². The van der Waals surface area contributed by atoms with Crippen molar-refractivity contribution in [1.29, 1.82) is 0 Å². The van der Waals surface area contributed by atoms with Crippen molar-refractivity contribution in [1.82, 2.24) is 9.80 Å². The predicted molar refractivity (Wildman–Crippen MR) is 115 cm³/mol. The summed E-state index contributed by atoms with van der Waals surface area (Å²) >= 11 is 0. The topological polar surface area (TPSA) is 49.9 Å². The molecule has 1 amide bonds. The maximum atomic E-state index is 12.2. The molecule has 1 heterocycles. The summed E-state index contributed by atoms with van der Waals surface area (Å²) in [4.78, 5) is 28.2. The minimum atomic E-state index is -0.414. The number of amides is 1. The second kappa shape index (κ2) is 12.1. The number of piperazine rings is 1.